The normalized spacial score (nSPS) is 13.9. The van der Waals surface area contributed by atoms with Crippen LogP contribution in [0.15, 0.2) is 4.79 Å². The van der Waals surface area contributed by atoms with Crippen LogP contribution in [0.2, 0.25) is 0 Å². The summed E-state index contributed by atoms with van der Waals surface area (Å²) in [4.78, 5) is 13.5. The van der Waals surface area contributed by atoms with Crippen LogP contribution in [0.3, 0.4) is 0 Å². The fourth-order valence-corrected chi connectivity index (χ4v) is 1.52. The van der Waals surface area contributed by atoms with Gasteiger partial charge in [-0.05, 0) is 6.92 Å². The van der Waals surface area contributed by atoms with Crippen LogP contribution in [-0.4, -0.2) is 27.9 Å². The second-order valence-corrected chi connectivity index (χ2v) is 3.17. The zero-order chi connectivity index (χ0) is 10.1. The monoisotopic (exact) mass is 190 g/mol. The van der Waals surface area contributed by atoms with Gasteiger partial charge in [-0.2, -0.15) is 0 Å². The Hall–Kier alpha value is -1.83. The van der Waals surface area contributed by atoms with E-state index in [1.54, 1.807) is 11.5 Å². The molecule has 0 saturated heterocycles. The molecule has 0 fully saturated rings. The van der Waals surface area contributed by atoms with E-state index in [-0.39, 0.29) is 5.56 Å². The number of hydrogen-bond donors (Lipinski definition) is 0. The van der Waals surface area contributed by atoms with Crippen LogP contribution in [0.1, 0.15) is 5.69 Å². The Balaban J connectivity index is 2.49. The second-order valence-electron chi connectivity index (χ2n) is 3.17. The third-order valence-corrected chi connectivity index (χ3v) is 2.24. The minimum Gasteiger partial charge on any atom is -0.328 e. The van der Waals surface area contributed by atoms with Crippen molar-refractivity contribution in [2.45, 2.75) is 13.5 Å². The molecule has 1 aromatic heterocycles. The van der Waals surface area contributed by atoms with Gasteiger partial charge in [-0.15, -0.1) is 16.6 Å². The molecular weight excluding hydrogens is 180 g/mol. The van der Waals surface area contributed by atoms with E-state index in [2.05, 4.69) is 16.1 Å². The molecule has 0 bridgehead atoms. The van der Waals surface area contributed by atoms with Gasteiger partial charge in [0.1, 0.15) is 5.69 Å². The van der Waals surface area contributed by atoms with Crippen molar-refractivity contribution in [2.24, 2.45) is 0 Å². The number of rotatable bonds is 1. The van der Waals surface area contributed by atoms with Crippen LogP contribution in [-0.2, 0) is 6.54 Å². The first kappa shape index (κ1) is 8.75. The first-order chi connectivity index (χ1) is 6.74. The molecule has 0 radical (unpaired) electrons. The molecule has 14 heavy (non-hydrogen) atoms. The number of terminal acetylenes is 1. The van der Waals surface area contributed by atoms with Gasteiger partial charge in [-0.3, -0.25) is 9.36 Å². The summed E-state index contributed by atoms with van der Waals surface area (Å²) in [6, 6.07) is 0. The molecule has 1 aliphatic heterocycles. The smallest absolute Gasteiger partial charge is 0.276 e. The maximum absolute atomic E-state index is 11.6. The predicted molar refractivity (Wildman–Crippen MR) is 52.1 cm³/mol. The number of fused-ring (bicyclic) bond motifs is 1. The highest BCUT2D eigenvalue weighted by Crippen LogP contribution is 2.13. The fraction of sp³-hybridized carbons (Fsp3) is 0.444. The third-order valence-electron chi connectivity index (χ3n) is 2.24. The van der Waals surface area contributed by atoms with E-state index < -0.39 is 0 Å². The van der Waals surface area contributed by atoms with Crippen LogP contribution in [0.5, 0.6) is 0 Å². The van der Waals surface area contributed by atoms with Crippen molar-refractivity contribution in [3.8, 4) is 12.3 Å². The Morgan fingerprint density at radius 3 is 3.00 bits per heavy atom. The second kappa shape index (κ2) is 3.14. The number of anilines is 1. The lowest BCUT2D eigenvalue weighted by Crippen LogP contribution is -2.25. The third kappa shape index (κ3) is 1.16. The van der Waals surface area contributed by atoms with E-state index in [0.29, 0.717) is 24.7 Å². The Morgan fingerprint density at radius 2 is 2.29 bits per heavy atom. The maximum atomic E-state index is 11.6. The minimum atomic E-state index is -0.0745. The van der Waals surface area contributed by atoms with Crippen molar-refractivity contribution in [3.05, 3.63) is 16.0 Å². The first-order valence-electron chi connectivity index (χ1n) is 4.36. The minimum absolute atomic E-state index is 0.0745. The first-order valence-corrected chi connectivity index (χ1v) is 4.36. The quantitative estimate of drug-likeness (QED) is 0.555. The van der Waals surface area contributed by atoms with Gasteiger partial charge in [-0.25, -0.2) is 0 Å². The molecule has 0 aliphatic carbocycles. The Bertz CT molecular complexity index is 457. The van der Waals surface area contributed by atoms with Gasteiger partial charge in [-0.1, -0.05) is 5.92 Å². The van der Waals surface area contributed by atoms with Crippen LogP contribution in [0.4, 0.5) is 5.95 Å². The number of hydrogen-bond acceptors (Lipinski definition) is 4. The number of aryl methyl sites for hydroxylation is 1. The predicted octanol–water partition coefficient (Wildman–Crippen LogP) is -0.600. The molecule has 0 N–H and O–H groups in total. The Labute approximate surface area is 81.4 Å². The lowest BCUT2D eigenvalue weighted by Gasteiger charge is -2.11. The van der Waals surface area contributed by atoms with Gasteiger partial charge < -0.3 is 4.90 Å². The SMILES string of the molecule is C#CCN1CCn2c1nnc(C)c2=O. The summed E-state index contributed by atoms with van der Waals surface area (Å²) in [5, 5.41) is 7.75. The number of aromatic nitrogens is 3. The summed E-state index contributed by atoms with van der Waals surface area (Å²) < 4.78 is 1.61. The number of nitrogens with zero attached hydrogens (tertiary/aromatic N) is 4. The van der Waals surface area contributed by atoms with E-state index >= 15 is 0 Å². The van der Waals surface area contributed by atoms with Crippen molar-refractivity contribution < 1.29 is 0 Å². The summed E-state index contributed by atoms with van der Waals surface area (Å²) in [5.74, 6) is 3.11. The lowest BCUT2D eigenvalue weighted by atomic mass is 10.5. The van der Waals surface area contributed by atoms with E-state index in [1.807, 2.05) is 4.90 Å². The summed E-state index contributed by atoms with van der Waals surface area (Å²) in [6.45, 7) is 3.51. The van der Waals surface area contributed by atoms with Crippen LogP contribution < -0.4 is 10.5 Å². The molecule has 5 nitrogen and oxygen atoms in total. The van der Waals surface area contributed by atoms with Crippen molar-refractivity contribution >= 4 is 5.95 Å². The zero-order valence-corrected chi connectivity index (χ0v) is 7.90. The highest BCUT2D eigenvalue weighted by Gasteiger charge is 2.21. The molecule has 0 unspecified atom stereocenters. The van der Waals surface area contributed by atoms with Gasteiger partial charge in [0.25, 0.3) is 5.56 Å². The lowest BCUT2D eigenvalue weighted by molar-refractivity contribution is 0.724. The topological polar surface area (TPSA) is 51.0 Å². The van der Waals surface area contributed by atoms with E-state index in [9.17, 15) is 4.79 Å². The van der Waals surface area contributed by atoms with E-state index in [4.69, 9.17) is 6.42 Å². The fourth-order valence-electron chi connectivity index (χ4n) is 1.52. The van der Waals surface area contributed by atoms with Gasteiger partial charge >= 0.3 is 0 Å². The molecule has 2 heterocycles. The summed E-state index contributed by atoms with van der Waals surface area (Å²) in [6.07, 6.45) is 5.21. The molecule has 5 heteroatoms. The van der Waals surface area contributed by atoms with Crippen molar-refractivity contribution in [1.82, 2.24) is 14.8 Å². The molecule has 2 rings (SSSR count). The molecule has 1 aromatic rings. The van der Waals surface area contributed by atoms with Crippen LogP contribution in [0, 0.1) is 19.3 Å². The maximum Gasteiger partial charge on any atom is 0.276 e. The van der Waals surface area contributed by atoms with Gasteiger partial charge in [0.2, 0.25) is 5.95 Å². The van der Waals surface area contributed by atoms with Gasteiger partial charge in [0.15, 0.2) is 0 Å². The standard InChI is InChI=1S/C9H10N4O/c1-3-4-12-5-6-13-8(14)7(2)10-11-9(12)13/h1H,4-6H2,2H3. The highest BCUT2D eigenvalue weighted by molar-refractivity contribution is 5.35. The molecule has 0 spiro atoms. The van der Waals surface area contributed by atoms with E-state index in [1.165, 1.54) is 0 Å². The highest BCUT2D eigenvalue weighted by atomic mass is 16.1. The van der Waals surface area contributed by atoms with Crippen LogP contribution >= 0.6 is 0 Å². The summed E-state index contributed by atoms with van der Waals surface area (Å²) in [7, 11) is 0. The van der Waals surface area contributed by atoms with Crippen molar-refractivity contribution in [2.75, 3.05) is 18.0 Å². The van der Waals surface area contributed by atoms with Crippen molar-refractivity contribution in [1.29, 1.82) is 0 Å². The summed E-state index contributed by atoms with van der Waals surface area (Å²) in [5.41, 5.74) is 0.353. The molecule has 0 amide bonds. The molecule has 72 valence electrons. The Morgan fingerprint density at radius 1 is 1.50 bits per heavy atom. The van der Waals surface area contributed by atoms with Gasteiger partial charge in [0, 0.05) is 13.1 Å². The van der Waals surface area contributed by atoms with Gasteiger partial charge in [0.05, 0.1) is 6.54 Å². The average Bonchev–Trinajstić information content (AvgIpc) is 2.57. The zero-order valence-electron chi connectivity index (χ0n) is 7.90. The van der Waals surface area contributed by atoms with Crippen molar-refractivity contribution in [3.63, 3.8) is 0 Å². The largest absolute Gasteiger partial charge is 0.328 e. The molecule has 1 aliphatic rings. The summed E-state index contributed by atoms with van der Waals surface area (Å²) >= 11 is 0. The van der Waals surface area contributed by atoms with E-state index in [0.717, 1.165) is 6.54 Å². The molecule has 0 aromatic carbocycles. The molecule has 0 saturated carbocycles. The molecular formula is C9H10N4O. The Kier molecular flexibility index (Phi) is 1.97. The average molecular weight is 190 g/mol. The molecule has 0 atom stereocenters. The van der Waals surface area contributed by atoms with Crippen LogP contribution in [0.25, 0.3) is 0 Å².